The molecule has 1 atom stereocenters. The summed E-state index contributed by atoms with van der Waals surface area (Å²) >= 11 is 0. The van der Waals surface area contributed by atoms with Crippen LogP contribution < -0.4 is 5.56 Å². The first-order valence-electron chi connectivity index (χ1n) is 6.93. The molecule has 1 amide bonds. The minimum atomic E-state index is -0.204. The number of aryl methyl sites for hydroxylation is 2. The van der Waals surface area contributed by atoms with Gasteiger partial charge in [-0.2, -0.15) is 0 Å². The first-order valence-corrected chi connectivity index (χ1v) is 6.93. The number of H-pyrrole nitrogens is 1. The average Bonchev–Trinajstić information content (AvgIpc) is 2.33. The van der Waals surface area contributed by atoms with Gasteiger partial charge in [0.25, 0.3) is 5.56 Å². The van der Waals surface area contributed by atoms with Crippen LogP contribution in [0.1, 0.15) is 24.0 Å². The lowest BCUT2D eigenvalue weighted by atomic mass is 10.1. The average molecular weight is 278 g/mol. The molecule has 2 rings (SSSR count). The molecule has 1 unspecified atom stereocenters. The van der Waals surface area contributed by atoms with Crippen LogP contribution in [0.5, 0.6) is 0 Å². The molecule has 1 aromatic rings. The fraction of sp³-hybridized carbons (Fsp3) is 0.643. The molecule has 0 aromatic carbocycles. The van der Waals surface area contributed by atoms with Gasteiger partial charge in [-0.1, -0.05) is 0 Å². The van der Waals surface area contributed by atoms with Crippen molar-refractivity contribution >= 4 is 5.91 Å². The summed E-state index contributed by atoms with van der Waals surface area (Å²) in [6, 6.07) is 0.180. The maximum atomic E-state index is 12.4. The molecule has 0 radical (unpaired) electrons. The van der Waals surface area contributed by atoms with Crippen molar-refractivity contribution in [2.24, 2.45) is 0 Å². The summed E-state index contributed by atoms with van der Waals surface area (Å²) in [5.41, 5.74) is 0.915. The van der Waals surface area contributed by atoms with Crippen molar-refractivity contribution in [3.8, 4) is 0 Å². The van der Waals surface area contributed by atoms with Gasteiger partial charge in [-0.3, -0.25) is 9.59 Å². The highest BCUT2D eigenvalue weighted by Gasteiger charge is 2.26. The molecule has 2 heterocycles. The van der Waals surface area contributed by atoms with Gasteiger partial charge in [0.1, 0.15) is 5.82 Å². The standard InChI is InChI=1S/C14H22N4O2/c1-9-8-17(4)5-6-18(9)13(19)7-12-10(2)15-11(3)16-14(12)20/h9H,5-8H2,1-4H3,(H,15,16,20). The minimum absolute atomic E-state index is 0.00449. The van der Waals surface area contributed by atoms with Crippen molar-refractivity contribution in [3.05, 3.63) is 27.4 Å². The molecule has 1 saturated heterocycles. The third kappa shape index (κ3) is 3.07. The van der Waals surface area contributed by atoms with Crippen LogP contribution in [-0.4, -0.2) is 58.4 Å². The number of carbonyl (C=O) groups is 1. The summed E-state index contributed by atoms with van der Waals surface area (Å²) in [5, 5.41) is 0. The summed E-state index contributed by atoms with van der Waals surface area (Å²) in [6.45, 7) is 8.01. The van der Waals surface area contributed by atoms with Crippen molar-refractivity contribution in [1.29, 1.82) is 0 Å². The highest BCUT2D eigenvalue weighted by Crippen LogP contribution is 2.11. The molecular formula is C14H22N4O2. The SMILES string of the molecule is Cc1nc(C)c(CC(=O)N2CCN(C)CC2C)c(=O)[nH]1. The van der Waals surface area contributed by atoms with E-state index in [1.165, 1.54) is 0 Å². The van der Waals surface area contributed by atoms with Crippen LogP contribution in [-0.2, 0) is 11.2 Å². The van der Waals surface area contributed by atoms with E-state index in [0.29, 0.717) is 23.6 Å². The van der Waals surface area contributed by atoms with Gasteiger partial charge >= 0.3 is 0 Å². The van der Waals surface area contributed by atoms with Crippen LogP contribution in [0.15, 0.2) is 4.79 Å². The molecule has 20 heavy (non-hydrogen) atoms. The molecule has 110 valence electrons. The van der Waals surface area contributed by atoms with E-state index in [2.05, 4.69) is 21.9 Å². The molecule has 0 spiro atoms. The smallest absolute Gasteiger partial charge is 0.254 e. The van der Waals surface area contributed by atoms with Crippen LogP contribution in [0.25, 0.3) is 0 Å². The van der Waals surface area contributed by atoms with Crippen molar-refractivity contribution in [1.82, 2.24) is 19.8 Å². The topological polar surface area (TPSA) is 69.3 Å². The van der Waals surface area contributed by atoms with Gasteiger partial charge in [-0.25, -0.2) is 4.98 Å². The second kappa shape index (κ2) is 5.75. The van der Waals surface area contributed by atoms with Gasteiger partial charge in [0.15, 0.2) is 0 Å². The Morgan fingerprint density at radius 1 is 1.40 bits per heavy atom. The monoisotopic (exact) mass is 278 g/mol. The van der Waals surface area contributed by atoms with Gasteiger partial charge < -0.3 is 14.8 Å². The zero-order valence-electron chi connectivity index (χ0n) is 12.6. The molecule has 0 aliphatic carbocycles. The Hall–Kier alpha value is -1.69. The quantitative estimate of drug-likeness (QED) is 0.832. The summed E-state index contributed by atoms with van der Waals surface area (Å²) in [5.74, 6) is 0.585. The third-order valence-electron chi connectivity index (χ3n) is 3.82. The van der Waals surface area contributed by atoms with Crippen LogP contribution in [0.2, 0.25) is 0 Å². The largest absolute Gasteiger partial charge is 0.337 e. The predicted octanol–water partition coefficient (Wildman–Crippen LogP) is 0.0917. The molecule has 0 bridgehead atoms. The number of hydrogen-bond donors (Lipinski definition) is 1. The molecule has 1 fully saturated rings. The molecule has 6 heteroatoms. The number of rotatable bonds is 2. The van der Waals surface area contributed by atoms with Crippen molar-refractivity contribution in [2.75, 3.05) is 26.7 Å². The number of piperazine rings is 1. The number of amides is 1. The lowest BCUT2D eigenvalue weighted by molar-refractivity contribution is -0.134. The third-order valence-corrected chi connectivity index (χ3v) is 3.82. The van der Waals surface area contributed by atoms with Crippen LogP contribution in [0.3, 0.4) is 0 Å². The Balaban J connectivity index is 2.14. The number of carbonyl (C=O) groups excluding carboxylic acids is 1. The Bertz CT molecular complexity index is 567. The van der Waals surface area contributed by atoms with Crippen molar-refractivity contribution in [3.63, 3.8) is 0 Å². The van der Waals surface area contributed by atoms with Gasteiger partial charge in [0.05, 0.1) is 6.42 Å². The van der Waals surface area contributed by atoms with E-state index < -0.39 is 0 Å². The summed E-state index contributed by atoms with van der Waals surface area (Å²) in [7, 11) is 2.05. The van der Waals surface area contributed by atoms with E-state index >= 15 is 0 Å². The molecule has 1 aliphatic heterocycles. The van der Waals surface area contributed by atoms with E-state index in [4.69, 9.17) is 0 Å². The highest BCUT2D eigenvalue weighted by molar-refractivity contribution is 5.79. The van der Waals surface area contributed by atoms with Crippen LogP contribution >= 0.6 is 0 Å². The molecule has 1 aliphatic rings. The van der Waals surface area contributed by atoms with Crippen molar-refractivity contribution < 1.29 is 4.79 Å². The van der Waals surface area contributed by atoms with Gasteiger partial charge in [-0.15, -0.1) is 0 Å². The Labute approximate surface area is 118 Å². The number of aromatic amines is 1. The summed E-state index contributed by atoms with van der Waals surface area (Å²) < 4.78 is 0. The molecular weight excluding hydrogens is 256 g/mol. The molecule has 0 saturated carbocycles. The fourth-order valence-corrected chi connectivity index (χ4v) is 2.72. The molecule has 1 N–H and O–H groups in total. The maximum Gasteiger partial charge on any atom is 0.254 e. The van der Waals surface area contributed by atoms with Crippen LogP contribution in [0.4, 0.5) is 0 Å². The normalized spacial score (nSPS) is 20.2. The minimum Gasteiger partial charge on any atom is -0.337 e. The van der Waals surface area contributed by atoms with Crippen molar-refractivity contribution in [2.45, 2.75) is 33.2 Å². The predicted molar refractivity (Wildman–Crippen MR) is 76.7 cm³/mol. The second-order valence-corrected chi connectivity index (χ2v) is 5.59. The first kappa shape index (κ1) is 14.7. The summed E-state index contributed by atoms with van der Waals surface area (Å²) in [6.07, 6.45) is 0.127. The fourth-order valence-electron chi connectivity index (χ4n) is 2.72. The van der Waals surface area contributed by atoms with E-state index in [0.717, 1.165) is 13.1 Å². The highest BCUT2D eigenvalue weighted by atomic mass is 16.2. The first-order chi connectivity index (χ1) is 9.38. The van der Waals surface area contributed by atoms with E-state index in [1.807, 2.05) is 11.8 Å². The number of nitrogens with one attached hydrogen (secondary N) is 1. The second-order valence-electron chi connectivity index (χ2n) is 5.59. The van der Waals surface area contributed by atoms with E-state index in [9.17, 15) is 9.59 Å². The molecule has 1 aromatic heterocycles. The lowest BCUT2D eigenvalue weighted by Gasteiger charge is -2.38. The van der Waals surface area contributed by atoms with Crippen LogP contribution in [0, 0.1) is 13.8 Å². The number of hydrogen-bond acceptors (Lipinski definition) is 4. The zero-order valence-corrected chi connectivity index (χ0v) is 12.6. The Kier molecular flexibility index (Phi) is 4.23. The Morgan fingerprint density at radius 2 is 2.10 bits per heavy atom. The maximum absolute atomic E-state index is 12.4. The number of nitrogens with zero attached hydrogens (tertiary/aromatic N) is 3. The molecule has 6 nitrogen and oxygen atoms in total. The van der Waals surface area contributed by atoms with Gasteiger partial charge in [0, 0.05) is 36.9 Å². The van der Waals surface area contributed by atoms with E-state index in [1.54, 1.807) is 13.8 Å². The van der Waals surface area contributed by atoms with Gasteiger partial charge in [0.2, 0.25) is 5.91 Å². The van der Waals surface area contributed by atoms with E-state index in [-0.39, 0.29) is 23.9 Å². The lowest BCUT2D eigenvalue weighted by Crippen LogP contribution is -2.53. The number of aromatic nitrogens is 2. The Morgan fingerprint density at radius 3 is 2.70 bits per heavy atom. The number of likely N-dealkylation sites (N-methyl/N-ethyl adjacent to an activating group) is 1. The summed E-state index contributed by atoms with van der Waals surface area (Å²) in [4.78, 5) is 35.3. The van der Waals surface area contributed by atoms with Gasteiger partial charge in [-0.05, 0) is 27.8 Å². The zero-order chi connectivity index (χ0) is 14.9.